The first-order chi connectivity index (χ1) is 10.2. The third kappa shape index (κ3) is 2.43. The lowest BCUT2D eigenvalue weighted by Crippen LogP contribution is -2.35. The number of carbonyl (C=O) groups excluding carboxylic acids is 1. The van der Waals surface area contributed by atoms with Gasteiger partial charge in [0, 0.05) is 13.7 Å². The molecule has 0 spiro atoms. The maximum Gasteiger partial charge on any atom is 0.260 e. The number of methoxy groups -OCH3 is 1. The number of amides is 1. The fourth-order valence-corrected chi connectivity index (χ4v) is 2.78. The van der Waals surface area contributed by atoms with Crippen LogP contribution in [0.3, 0.4) is 0 Å². The van der Waals surface area contributed by atoms with Crippen LogP contribution in [0.25, 0.3) is 0 Å². The molecule has 0 radical (unpaired) electrons. The van der Waals surface area contributed by atoms with Crippen LogP contribution in [0.1, 0.15) is 17.2 Å². The molecule has 1 unspecified atom stereocenters. The first-order valence-electron chi connectivity index (χ1n) is 6.89. The minimum atomic E-state index is -0.711. The zero-order valence-electron chi connectivity index (χ0n) is 11.8. The van der Waals surface area contributed by atoms with Gasteiger partial charge in [0.1, 0.15) is 5.82 Å². The van der Waals surface area contributed by atoms with E-state index in [2.05, 4.69) is 0 Å². The third-order valence-corrected chi connectivity index (χ3v) is 3.77. The number of nitrogens with zero attached hydrogens (tertiary/aromatic N) is 1. The summed E-state index contributed by atoms with van der Waals surface area (Å²) >= 11 is 0. The standard InChI is InChI=1S/C17H16FNO2/c1-21-16(13-6-3-2-4-7-13)17(20)19-11-10-12-8-5-9-14(18)15(12)19/h2-9,16H,10-11H2,1H3. The maximum absolute atomic E-state index is 14.0. The molecule has 108 valence electrons. The second kappa shape index (κ2) is 5.66. The van der Waals surface area contributed by atoms with E-state index in [9.17, 15) is 9.18 Å². The molecule has 1 aliphatic rings. The highest BCUT2D eigenvalue weighted by atomic mass is 19.1. The van der Waals surface area contributed by atoms with Crippen LogP contribution in [-0.4, -0.2) is 19.6 Å². The Balaban J connectivity index is 1.94. The molecule has 0 N–H and O–H groups in total. The molecule has 1 aliphatic heterocycles. The molecule has 0 saturated carbocycles. The van der Waals surface area contributed by atoms with Crippen LogP contribution >= 0.6 is 0 Å². The van der Waals surface area contributed by atoms with Crippen molar-refractivity contribution in [1.29, 1.82) is 0 Å². The molecular formula is C17H16FNO2. The van der Waals surface area contributed by atoms with Crippen LogP contribution in [0.15, 0.2) is 48.5 Å². The molecule has 0 saturated heterocycles. The van der Waals surface area contributed by atoms with Crippen molar-refractivity contribution in [2.45, 2.75) is 12.5 Å². The second-order valence-electron chi connectivity index (χ2n) is 5.01. The molecular weight excluding hydrogens is 269 g/mol. The van der Waals surface area contributed by atoms with Gasteiger partial charge in [0.25, 0.3) is 5.91 Å². The lowest BCUT2D eigenvalue weighted by Gasteiger charge is -2.23. The van der Waals surface area contributed by atoms with Gasteiger partial charge in [-0.3, -0.25) is 4.79 Å². The Hall–Kier alpha value is -2.20. The Bertz CT molecular complexity index is 657. The summed E-state index contributed by atoms with van der Waals surface area (Å²) in [6.45, 7) is 0.488. The number of benzene rings is 2. The van der Waals surface area contributed by atoms with E-state index in [1.807, 2.05) is 36.4 Å². The number of para-hydroxylation sites is 1. The van der Waals surface area contributed by atoms with E-state index in [1.165, 1.54) is 18.1 Å². The predicted molar refractivity (Wildman–Crippen MR) is 78.6 cm³/mol. The first-order valence-corrected chi connectivity index (χ1v) is 6.89. The van der Waals surface area contributed by atoms with E-state index in [-0.39, 0.29) is 11.7 Å². The van der Waals surface area contributed by atoms with E-state index in [0.717, 1.165) is 11.1 Å². The van der Waals surface area contributed by atoms with Gasteiger partial charge in [-0.05, 0) is 23.6 Å². The summed E-state index contributed by atoms with van der Waals surface area (Å²) in [4.78, 5) is 14.2. The predicted octanol–water partition coefficient (Wildman–Crippen LogP) is 3.10. The Morgan fingerprint density at radius 1 is 1.19 bits per heavy atom. The molecule has 1 heterocycles. The van der Waals surface area contributed by atoms with Crippen molar-refractivity contribution >= 4 is 11.6 Å². The number of carbonyl (C=O) groups is 1. The molecule has 0 aromatic heterocycles. The number of ether oxygens (including phenoxy) is 1. The number of hydrogen-bond acceptors (Lipinski definition) is 2. The molecule has 0 fully saturated rings. The quantitative estimate of drug-likeness (QED) is 0.867. The highest BCUT2D eigenvalue weighted by Gasteiger charge is 2.32. The molecule has 3 rings (SSSR count). The number of anilines is 1. The lowest BCUT2D eigenvalue weighted by molar-refractivity contribution is -0.128. The SMILES string of the molecule is COC(C(=O)N1CCc2cccc(F)c21)c1ccccc1. The summed E-state index contributed by atoms with van der Waals surface area (Å²) in [5.41, 5.74) is 2.03. The van der Waals surface area contributed by atoms with Crippen molar-refractivity contribution in [3.8, 4) is 0 Å². The Morgan fingerprint density at radius 3 is 2.67 bits per heavy atom. The Labute approximate surface area is 123 Å². The van der Waals surface area contributed by atoms with Crippen LogP contribution in [0, 0.1) is 5.82 Å². The number of rotatable bonds is 3. The highest BCUT2D eigenvalue weighted by Crippen LogP contribution is 2.33. The van der Waals surface area contributed by atoms with Crippen LogP contribution < -0.4 is 4.90 Å². The summed E-state index contributed by atoms with van der Waals surface area (Å²) in [6, 6.07) is 14.2. The lowest BCUT2D eigenvalue weighted by atomic mass is 10.1. The topological polar surface area (TPSA) is 29.5 Å². The second-order valence-corrected chi connectivity index (χ2v) is 5.01. The summed E-state index contributed by atoms with van der Waals surface area (Å²) in [7, 11) is 1.49. The summed E-state index contributed by atoms with van der Waals surface area (Å²) < 4.78 is 19.4. The molecule has 1 amide bonds. The zero-order chi connectivity index (χ0) is 14.8. The molecule has 0 bridgehead atoms. The number of hydrogen-bond donors (Lipinski definition) is 0. The van der Waals surface area contributed by atoms with Crippen molar-refractivity contribution in [2.75, 3.05) is 18.6 Å². The molecule has 2 aromatic rings. The van der Waals surface area contributed by atoms with E-state index in [4.69, 9.17) is 4.74 Å². The molecule has 0 aliphatic carbocycles. The van der Waals surface area contributed by atoms with Gasteiger partial charge >= 0.3 is 0 Å². The van der Waals surface area contributed by atoms with Crippen molar-refractivity contribution in [1.82, 2.24) is 0 Å². The van der Waals surface area contributed by atoms with E-state index >= 15 is 0 Å². The van der Waals surface area contributed by atoms with Gasteiger partial charge in [0.2, 0.25) is 0 Å². The molecule has 3 nitrogen and oxygen atoms in total. The average Bonchev–Trinajstić information content (AvgIpc) is 2.94. The van der Waals surface area contributed by atoms with Crippen LogP contribution in [0.2, 0.25) is 0 Å². The normalized spacial score (nSPS) is 14.9. The van der Waals surface area contributed by atoms with Crippen LogP contribution in [-0.2, 0) is 16.0 Å². The summed E-state index contributed by atoms with van der Waals surface area (Å²) in [5, 5.41) is 0. The van der Waals surface area contributed by atoms with E-state index in [1.54, 1.807) is 6.07 Å². The number of fused-ring (bicyclic) bond motifs is 1. The van der Waals surface area contributed by atoms with E-state index in [0.29, 0.717) is 18.7 Å². The Kier molecular flexibility index (Phi) is 3.71. The first kappa shape index (κ1) is 13.8. The summed E-state index contributed by atoms with van der Waals surface area (Å²) in [5.74, 6) is -0.589. The minimum Gasteiger partial charge on any atom is -0.367 e. The van der Waals surface area contributed by atoms with Crippen molar-refractivity contribution in [3.05, 3.63) is 65.5 Å². The van der Waals surface area contributed by atoms with Gasteiger partial charge in [0.05, 0.1) is 5.69 Å². The van der Waals surface area contributed by atoms with Gasteiger partial charge in [-0.15, -0.1) is 0 Å². The van der Waals surface area contributed by atoms with Gasteiger partial charge < -0.3 is 9.64 Å². The van der Waals surface area contributed by atoms with Crippen LogP contribution in [0.5, 0.6) is 0 Å². The fraction of sp³-hybridized carbons (Fsp3) is 0.235. The highest BCUT2D eigenvalue weighted by molar-refractivity contribution is 5.99. The van der Waals surface area contributed by atoms with Gasteiger partial charge in [-0.25, -0.2) is 4.39 Å². The van der Waals surface area contributed by atoms with Crippen LogP contribution in [0.4, 0.5) is 10.1 Å². The fourth-order valence-electron chi connectivity index (χ4n) is 2.78. The largest absolute Gasteiger partial charge is 0.367 e. The minimum absolute atomic E-state index is 0.229. The summed E-state index contributed by atoms with van der Waals surface area (Å²) in [6.07, 6.45) is -0.0406. The van der Waals surface area contributed by atoms with Gasteiger partial charge in [0.15, 0.2) is 6.10 Å². The molecule has 4 heteroatoms. The third-order valence-electron chi connectivity index (χ3n) is 3.77. The number of halogens is 1. The Morgan fingerprint density at radius 2 is 1.95 bits per heavy atom. The monoisotopic (exact) mass is 285 g/mol. The average molecular weight is 285 g/mol. The van der Waals surface area contributed by atoms with Crippen molar-refractivity contribution in [2.24, 2.45) is 0 Å². The molecule has 1 atom stereocenters. The van der Waals surface area contributed by atoms with Crippen molar-refractivity contribution < 1.29 is 13.9 Å². The van der Waals surface area contributed by atoms with Gasteiger partial charge in [-0.1, -0.05) is 42.5 Å². The van der Waals surface area contributed by atoms with Gasteiger partial charge in [-0.2, -0.15) is 0 Å². The molecule has 2 aromatic carbocycles. The van der Waals surface area contributed by atoms with E-state index < -0.39 is 6.10 Å². The molecule has 21 heavy (non-hydrogen) atoms. The zero-order valence-corrected chi connectivity index (χ0v) is 11.8. The maximum atomic E-state index is 14.0. The van der Waals surface area contributed by atoms with Crippen molar-refractivity contribution in [3.63, 3.8) is 0 Å². The smallest absolute Gasteiger partial charge is 0.260 e.